The summed E-state index contributed by atoms with van der Waals surface area (Å²) >= 11 is 0. The van der Waals surface area contributed by atoms with Crippen LogP contribution in [0.1, 0.15) is 11.1 Å². The van der Waals surface area contributed by atoms with E-state index in [2.05, 4.69) is 0 Å². The van der Waals surface area contributed by atoms with E-state index in [-0.39, 0.29) is 4.70 Å². The van der Waals surface area contributed by atoms with Gasteiger partial charge in [-0.25, -0.2) is 4.57 Å². The molecule has 0 fully saturated rings. The second-order valence-corrected chi connectivity index (χ2v) is 5.48. The standard InChI is InChI=1S/C14H15O4P.FH/c1-11-7-3-5-9-13(11)17-19(15,16)18-14-10-6-4-8-12(14)2;/h3-10H,1-2H3,(H,15,16);1H. The lowest BCUT2D eigenvalue weighted by Gasteiger charge is -2.16. The molecule has 2 aromatic rings. The Labute approximate surface area is 117 Å². The summed E-state index contributed by atoms with van der Waals surface area (Å²) in [6.45, 7) is 3.59. The van der Waals surface area contributed by atoms with E-state index in [0.29, 0.717) is 11.5 Å². The van der Waals surface area contributed by atoms with E-state index in [9.17, 15) is 9.46 Å². The first-order chi connectivity index (χ1) is 8.98. The van der Waals surface area contributed by atoms with Crippen molar-refractivity contribution in [3.8, 4) is 11.5 Å². The molecule has 108 valence electrons. The van der Waals surface area contributed by atoms with Gasteiger partial charge < -0.3 is 9.05 Å². The summed E-state index contributed by atoms with van der Waals surface area (Å²) in [7, 11) is -4.19. The number of halogens is 1. The van der Waals surface area contributed by atoms with Crippen molar-refractivity contribution in [2.75, 3.05) is 0 Å². The highest BCUT2D eigenvalue weighted by Gasteiger charge is 2.26. The molecule has 4 nitrogen and oxygen atoms in total. The highest BCUT2D eigenvalue weighted by Crippen LogP contribution is 2.45. The summed E-state index contributed by atoms with van der Waals surface area (Å²) in [6.07, 6.45) is 0. The van der Waals surface area contributed by atoms with Crippen LogP contribution >= 0.6 is 7.82 Å². The Balaban J connectivity index is 0.00000200. The second-order valence-electron chi connectivity index (χ2n) is 4.18. The zero-order valence-corrected chi connectivity index (χ0v) is 12.0. The van der Waals surface area contributed by atoms with Crippen molar-refractivity contribution in [1.29, 1.82) is 0 Å². The third kappa shape index (κ3) is 4.08. The van der Waals surface area contributed by atoms with Gasteiger partial charge in [0, 0.05) is 0 Å². The molecule has 0 unspecified atom stereocenters. The molecule has 20 heavy (non-hydrogen) atoms. The summed E-state index contributed by atoms with van der Waals surface area (Å²) < 4.78 is 22.1. The lowest BCUT2D eigenvalue weighted by Crippen LogP contribution is -2.01. The molecule has 0 amide bonds. The first-order valence-corrected chi connectivity index (χ1v) is 7.31. The highest BCUT2D eigenvalue weighted by molar-refractivity contribution is 7.48. The van der Waals surface area contributed by atoms with Crippen LogP contribution in [0, 0.1) is 13.8 Å². The topological polar surface area (TPSA) is 55.8 Å². The zero-order valence-electron chi connectivity index (χ0n) is 11.1. The maximum absolute atomic E-state index is 12.0. The van der Waals surface area contributed by atoms with Crippen LogP contribution in [0.2, 0.25) is 0 Å². The van der Waals surface area contributed by atoms with Gasteiger partial charge >= 0.3 is 7.82 Å². The van der Waals surface area contributed by atoms with Crippen molar-refractivity contribution in [2.45, 2.75) is 13.8 Å². The van der Waals surface area contributed by atoms with Gasteiger partial charge in [-0.1, -0.05) is 36.4 Å². The highest BCUT2D eigenvalue weighted by atomic mass is 31.2. The second kappa shape index (κ2) is 6.55. The predicted molar refractivity (Wildman–Crippen MR) is 75.9 cm³/mol. The first-order valence-electron chi connectivity index (χ1n) is 5.81. The van der Waals surface area contributed by atoms with Crippen molar-refractivity contribution in [2.24, 2.45) is 0 Å². The molecule has 6 heteroatoms. The molecule has 0 aromatic heterocycles. The molecule has 2 rings (SSSR count). The zero-order chi connectivity index (χ0) is 13.9. The average molecular weight is 298 g/mol. The molecule has 0 saturated carbocycles. The van der Waals surface area contributed by atoms with Crippen molar-refractivity contribution in [3.63, 3.8) is 0 Å². The van der Waals surface area contributed by atoms with Crippen molar-refractivity contribution in [3.05, 3.63) is 59.7 Å². The lowest BCUT2D eigenvalue weighted by molar-refractivity contribution is 0.289. The molecule has 2 aromatic carbocycles. The Bertz CT molecular complexity index is 579. The van der Waals surface area contributed by atoms with Crippen LogP contribution in [0.25, 0.3) is 0 Å². The molecule has 0 aliphatic heterocycles. The van der Waals surface area contributed by atoms with Gasteiger partial charge in [-0.3, -0.25) is 9.60 Å². The van der Waals surface area contributed by atoms with Gasteiger partial charge in [-0.05, 0) is 37.1 Å². The molecule has 1 N–H and O–H groups in total. The van der Waals surface area contributed by atoms with Gasteiger partial charge in [-0.2, -0.15) is 0 Å². The third-order valence-corrected chi connectivity index (χ3v) is 3.47. The number of phosphoric acid groups is 1. The number of benzene rings is 2. The summed E-state index contributed by atoms with van der Waals surface area (Å²) in [6, 6.07) is 14.0. The predicted octanol–water partition coefficient (Wildman–Crippen LogP) is 4.01. The smallest absolute Gasteiger partial charge is 0.395 e. The van der Waals surface area contributed by atoms with Gasteiger partial charge in [-0.15, -0.1) is 0 Å². The van der Waals surface area contributed by atoms with E-state index < -0.39 is 7.82 Å². The normalized spacial score (nSPS) is 10.6. The van der Waals surface area contributed by atoms with Crippen LogP contribution in [0.3, 0.4) is 0 Å². The van der Waals surface area contributed by atoms with Crippen molar-refractivity contribution >= 4 is 7.82 Å². The number of hydrogen-bond donors (Lipinski definition) is 1. The number of rotatable bonds is 4. The summed E-state index contributed by atoms with van der Waals surface area (Å²) in [5.41, 5.74) is 1.54. The van der Waals surface area contributed by atoms with Crippen LogP contribution in [0.15, 0.2) is 48.5 Å². The van der Waals surface area contributed by atoms with Gasteiger partial charge in [0.25, 0.3) is 0 Å². The molecule has 0 spiro atoms. The molecule has 0 atom stereocenters. The monoisotopic (exact) mass is 298 g/mol. The average Bonchev–Trinajstić information content (AvgIpc) is 2.35. The van der Waals surface area contributed by atoms with Gasteiger partial charge in [0.1, 0.15) is 11.5 Å². The van der Waals surface area contributed by atoms with Gasteiger partial charge in [0.05, 0.1) is 0 Å². The van der Waals surface area contributed by atoms with Crippen molar-refractivity contribution < 1.29 is 23.2 Å². The fraction of sp³-hybridized carbons (Fsp3) is 0.143. The van der Waals surface area contributed by atoms with E-state index >= 15 is 0 Å². The lowest BCUT2D eigenvalue weighted by atomic mass is 10.2. The number of phosphoric ester groups is 1. The summed E-state index contributed by atoms with van der Waals surface area (Å²) in [5.74, 6) is 0.670. The largest absolute Gasteiger partial charge is 0.584 e. The van der Waals surface area contributed by atoms with Crippen molar-refractivity contribution in [1.82, 2.24) is 0 Å². The SMILES string of the molecule is Cc1ccccc1OP(=O)(O)Oc1ccccc1C.F. The molecule has 0 heterocycles. The summed E-state index contributed by atoms with van der Waals surface area (Å²) in [4.78, 5) is 9.78. The quantitative estimate of drug-likeness (QED) is 0.866. The van der Waals surface area contributed by atoms with Crippen LogP contribution < -0.4 is 9.05 Å². The molecular weight excluding hydrogens is 282 g/mol. The van der Waals surface area contributed by atoms with E-state index in [0.717, 1.165) is 11.1 Å². The van der Waals surface area contributed by atoms with E-state index in [1.54, 1.807) is 50.2 Å². The minimum Gasteiger partial charge on any atom is -0.395 e. The Kier molecular flexibility index (Phi) is 5.31. The number of hydrogen-bond acceptors (Lipinski definition) is 3. The van der Waals surface area contributed by atoms with E-state index in [1.165, 1.54) is 0 Å². The van der Waals surface area contributed by atoms with Crippen LogP contribution in [0.5, 0.6) is 11.5 Å². The fourth-order valence-corrected chi connectivity index (χ4v) is 2.53. The minimum absolute atomic E-state index is 0. The van der Waals surface area contributed by atoms with E-state index in [4.69, 9.17) is 9.05 Å². The Morgan fingerprint density at radius 1 is 0.850 bits per heavy atom. The van der Waals surface area contributed by atoms with Crippen LogP contribution in [0.4, 0.5) is 4.70 Å². The third-order valence-electron chi connectivity index (χ3n) is 2.61. The Hall–Kier alpha value is -1.84. The van der Waals surface area contributed by atoms with Gasteiger partial charge in [0.2, 0.25) is 0 Å². The molecule has 0 radical (unpaired) electrons. The maximum Gasteiger partial charge on any atom is 0.584 e. The van der Waals surface area contributed by atoms with Crippen LogP contribution in [-0.4, -0.2) is 4.89 Å². The summed E-state index contributed by atoms with van der Waals surface area (Å²) in [5, 5.41) is 0. The number of aryl methyl sites for hydroxylation is 2. The fourth-order valence-electron chi connectivity index (χ4n) is 1.58. The molecule has 0 aliphatic carbocycles. The van der Waals surface area contributed by atoms with Crippen LogP contribution in [-0.2, 0) is 4.57 Å². The Morgan fingerprint density at radius 2 is 1.20 bits per heavy atom. The molecular formula is C14H16FO4P. The molecule has 0 bridgehead atoms. The maximum atomic E-state index is 12.0. The van der Waals surface area contributed by atoms with E-state index in [1.807, 2.05) is 12.1 Å². The molecule has 0 aliphatic rings. The minimum atomic E-state index is -4.19. The van der Waals surface area contributed by atoms with Gasteiger partial charge in [0.15, 0.2) is 0 Å². The first kappa shape index (κ1) is 16.2. The number of para-hydroxylation sites is 2. The molecule has 0 saturated heterocycles. The Morgan fingerprint density at radius 3 is 1.55 bits per heavy atom.